The zero-order valence-electron chi connectivity index (χ0n) is 29.5. The van der Waals surface area contributed by atoms with E-state index in [0.29, 0.717) is 43.2 Å². The summed E-state index contributed by atoms with van der Waals surface area (Å²) < 4.78 is 0. The van der Waals surface area contributed by atoms with Gasteiger partial charge < -0.3 is 10.2 Å². The third kappa shape index (κ3) is 13.2. The summed E-state index contributed by atoms with van der Waals surface area (Å²) in [4.78, 5) is 52.5. The predicted octanol–water partition coefficient (Wildman–Crippen LogP) is 7.18. The summed E-state index contributed by atoms with van der Waals surface area (Å²) in [6.07, 6.45) is 13.1. The van der Waals surface area contributed by atoms with Crippen molar-refractivity contribution in [2.75, 3.05) is 0 Å². The number of carbonyl (C=O) groups excluding carboxylic acids is 4. The van der Waals surface area contributed by atoms with Crippen LogP contribution in [0.15, 0.2) is 36.4 Å². The maximum atomic E-state index is 13.3. The van der Waals surface area contributed by atoms with Gasteiger partial charge in [0, 0.05) is 11.8 Å². The summed E-state index contributed by atoms with van der Waals surface area (Å²) in [5.74, 6) is -3.42. The quantitative estimate of drug-likeness (QED) is 0.0612. The first-order valence-electron chi connectivity index (χ1n) is 18.0. The lowest BCUT2D eigenvalue weighted by atomic mass is 9.87. The van der Waals surface area contributed by atoms with E-state index in [1.807, 2.05) is 13.8 Å². The molecule has 6 N–H and O–H groups in total. The maximum Gasteiger partial charge on any atom is 0.273 e. The molecule has 266 valence electrons. The second-order valence-electron chi connectivity index (χ2n) is 12.7. The molecule has 4 amide bonds. The van der Waals surface area contributed by atoms with Crippen molar-refractivity contribution < 1.29 is 29.4 Å². The Balaban J connectivity index is 2.03. The zero-order chi connectivity index (χ0) is 35.3. The van der Waals surface area contributed by atoms with E-state index in [-0.39, 0.29) is 29.0 Å². The fourth-order valence-electron chi connectivity index (χ4n) is 5.87. The van der Waals surface area contributed by atoms with E-state index in [9.17, 15) is 29.4 Å². The molecule has 0 radical (unpaired) electrons. The molecule has 2 aromatic rings. The molecule has 0 bridgehead atoms. The van der Waals surface area contributed by atoms with Gasteiger partial charge in [-0.1, -0.05) is 110 Å². The normalized spacial score (nSPS) is 12.2. The molecule has 0 aliphatic heterocycles. The summed E-state index contributed by atoms with van der Waals surface area (Å²) in [5.41, 5.74) is 11.4. The van der Waals surface area contributed by atoms with Crippen LogP contribution in [0, 0.1) is 11.8 Å². The van der Waals surface area contributed by atoms with Crippen molar-refractivity contribution in [2.45, 2.75) is 130 Å². The second kappa shape index (κ2) is 22.5. The molecule has 0 heterocycles. The number of nitrogens with one attached hydrogen (secondary N) is 4. The molecule has 10 heteroatoms. The van der Waals surface area contributed by atoms with E-state index in [2.05, 4.69) is 35.6 Å². The lowest BCUT2D eigenvalue weighted by Gasteiger charge is -2.23. The average molecular weight is 667 g/mol. The van der Waals surface area contributed by atoms with Gasteiger partial charge >= 0.3 is 0 Å². The fraction of sp³-hybridized carbons (Fsp3) is 0.579. The first-order chi connectivity index (χ1) is 23.2. The van der Waals surface area contributed by atoms with Crippen LogP contribution in [0.4, 0.5) is 0 Å². The average Bonchev–Trinajstić information content (AvgIpc) is 3.08. The number of hydrogen-bond donors (Lipinski definition) is 6. The Morgan fingerprint density at radius 3 is 1.40 bits per heavy atom. The van der Waals surface area contributed by atoms with Crippen LogP contribution >= 0.6 is 0 Å². The highest BCUT2D eigenvalue weighted by atomic mass is 16.3. The Morgan fingerprint density at radius 2 is 0.979 bits per heavy atom. The molecule has 2 rings (SSSR count). The number of phenols is 2. The molecule has 0 spiro atoms. The van der Waals surface area contributed by atoms with Crippen LogP contribution in [0.25, 0.3) is 0 Å². The summed E-state index contributed by atoms with van der Waals surface area (Å²) in [7, 11) is 0. The van der Waals surface area contributed by atoms with E-state index < -0.39 is 35.5 Å². The van der Waals surface area contributed by atoms with Crippen molar-refractivity contribution in [2.24, 2.45) is 11.8 Å². The lowest BCUT2D eigenvalue weighted by Crippen LogP contribution is -2.47. The van der Waals surface area contributed by atoms with E-state index in [0.717, 1.165) is 64.2 Å². The Bertz CT molecular complexity index is 1310. The minimum absolute atomic E-state index is 0.0827. The molecule has 48 heavy (non-hydrogen) atoms. The van der Waals surface area contributed by atoms with Gasteiger partial charge in [0.25, 0.3) is 11.8 Å². The van der Waals surface area contributed by atoms with Gasteiger partial charge in [0.05, 0.1) is 11.1 Å². The molecule has 10 nitrogen and oxygen atoms in total. The van der Waals surface area contributed by atoms with Gasteiger partial charge in [0.15, 0.2) is 0 Å². The number of benzene rings is 2. The highest BCUT2D eigenvalue weighted by Crippen LogP contribution is 2.26. The van der Waals surface area contributed by atoms with Crippen LogP contribution in [0.5, 0.6) is 11.5 Å². The number of hydrazine groups is 2. The van der Waals surface area contributed by atoms with Crippen LogP contribution in [0.2, 0.25) is 0 Å². The molecule has 0 aliphatic carbocycles. The number of aromatic hydroxyl groups is 2. The van der Waals surface area contributed by atoms with Crippen molar-refractivity contribution >= 4 is 23.6 Å². The van der Waals surface area contributed by atoms with E-state index in [1.165, 1.54) is 12.1 Å². The van der Waals surface area contributed by atoms with E-state index in [1.54, 1.807) is 24.3 Å². The summed E-state index contributed by atoms with van der Waals surface area (Å²) in [6.45, 7) is 8.21. The largest absolute Gasteiger partial charge is 0.507 e. The van der Waals surface area contributed by atoms with Gasteiger partial charge in [-0.3, -0.25) is 40.9 Å². The molecule has 0 saturated heterocycles. The van der Waals surface area contributed by atoms with Gasteiger partial charge in [-0.15, -0.1) is 0 Å². The van der Waals surface area contributed by atoms with Gasteiger partial charge in [0.2, 0.25) is 11.8 Å². The Hall–Kier alpha value is -4.08. The monoisotopic (exact) mass is 666 g/mol. The standard InChI is InChI=1S/C38H58N4O6/c1-5-9-12-14-20-27-22-16-24-31(33(27)43)37(47)41-39-35(45)29(18-8-4)26-30(19-11-7-3)36(46)40-42-38(48)32-25-17-23-28(34(32)44)21-15-13-10-6-2/h16-17,22-25,29-30,43-44H,5-15,18-21,26H2,1-4H3,(H,39,45)(H,40,46)(H,41,47)(H,42,48). The van der Waals surface area contributed by atoms with E-state index >= 15 is 0 Å². The third-order valence-electron chi connectivity index (χ3n) is 8.78. The van der Waals surface area contributed by atoms with Crippen molar-refractivity contribution in [1.82, 2.24) is 21.7 Å². The first-order valence-corrected chi connectivity index (χ1v) is 18.0. The topological polar surface area (TPSA) is 157 Å². The molecule has 0 aliphatic rings. The number of hydrogen-bond acceptors (Lipinski definition) is 6. The van der Waals surface area contributed by atoms with Crippen molar-refractivity contribution in [3.8, 4) is 11.5 Å². The van der Waals surface area contributed by atoms with Gasteiger partial charge in [-0.05, 0) is 68.2 Å². The van der Waals surface area contributed by atoms with Crippen LogP contribution < -0.4 is 21.7 Å². The minimum atomic E-state index is -0.622. The molecular formula is C38H58N4O6. The number of amides is 4. The van der Waals surface area contributed by atoms with Crippen molar-refractivity contribution in [3.05, 3.63) is 58.7 Å². The minimum Gasteiger partial charge on any atom is -0.507 e. The molecule has 0 saturated carbocycles. The lowest BCUT2D eigenvalue weighted by molar-refractivity contribution is -0.129. The van der Waals surface area contributed by atoms with Gasteiger partial charge in [-0.25, -0.2) is 0 Å². The molecule has 0 fully saturated rings. The zero-order valence-corrected chi connectivity index (χ0v) is 29.5. The van der Waals surface area contributed by atoms with Gasteiger partial charge in [0.1, 0.15) is 11.5 Å². The van der Waals surface area contributed by atoms with Gasteiger partial charge in [-0.2, -0.15) is 0 Å². The highest BCUT2D eigenvalue weighted by Gasteiger charge is 2.28. The summed E-state index contributed by atoms with van der Waals surface area (Å²) in [5, 5.41) is 21.4. The summed E-state index contributed by atoms with van der Waals surface area (Å²) >= 11 is 0. The molecular weight excluding hydrogens is 608 g/mol. The Kier molecular flexibility index (Phi) is 18.8. The van der Waals surface area contributed by atoms with Crippen LogP contribution in [-0.2, 0) is 22.4 Å². The maximum absolute atomic E-state index is 13.3. The number of phenolic OH excluding ortho intramolecular Hbond substituents is 2. The van der Waals surface area contributed by atoms with Crippen LogP contribution in [0.3, 0.4) is 0 Å². The van der Waals surface area contributed by atoms with E-state index in [4.69, 9.17) is 0 Å². The highest BCUT2D eigenvalue weighted by molar-refractivity contribution is 5.99. The van der Waals surface area contributed by atoms with Crippen molar-refractivity contribution in [3.63, 3.8) is 0 Å². The number of unbranched alkanes of at least 4 members (excludes halogenated alkanes) is 7. The van der Waals surface area contributed by atoms with Crippen molar-refractivity contribution in [1.29, 1.82) is 0 Å². The number of aryl methyl sites for hydroxylation is 2. The molecule has 2 atom stereocenters. The molecule has 2 aromatic carbocycles. The van der Waals surface area contributed by atoms with Crippen LogP contribution in [-0.4, -0.2) is 33.8 Å². The fourth-order valence-corrected chi connectivity index (χ4v) is 5.87. The third-order valence-corrected chi connectivity index (χ3v) is 8.78. The Labute approximate surface area is 286 Å². The molecule has 0 aromatic heterocycles. The smallest absolute Gasteiger partial charge is 0.273 e. The second-order valence-corrected chi connectivity index (χ2v) is 12.7. The number of para-hydroxylation sites is 2. The number of carbonyl (C=O) groups is 4. The number of rotatable bonds is 21. The molecule has 2 unspecified atom stereocenters. The first kappa shape index (κ1) is 40.1. The predicted molar refractivity (Wildman–Crippen MR) is 189 cm³/mol. The van der Waals surface area contributed by atoms with Crippen LogP contribution in [0.1, 0.15) is 149 Å². The SMILES string of the molecule is CCCCCCc1cccc(C(=O)NNC(=O)C(CCC)CC(CCCC)C(=O)NNC(=O)c2cccc(CCCCCC)c2O)c1O. The summed E-state index contributed by atoms with van der Waals surface area (Å²) in [6, 6.07) is 10.1. The Morgan fingerprint density at radius 1 is 0.542 bits per heavy atom.